The Morgan fingerprint density at radius 2 is 2.05 bits per heavy atom. The van der Waals surface area contributed by atoms with Gasteiger partial charge in [-0.2, -0.15) is 0 Å². The van der Waals surface area contributed by atoms with Crippen LogP contribution in [0.1, 0.15) is 17.3 Å². The minimum atomic E-state index is -2.62. The molecule has 1 aromatic carbocycles. The summed E-state index contributed by atoms with van der Waals surface area (Å²) in [6.07, 6.45) is -3.47. The minimum Gasteiger partial charge on any atom is -0.392 e. The van der Waals surface area contributed by atoms with Crippen molar-refractivity contribution in [3.05, 3.63) is 35.2 Å². The number of carbonyl (C=O) groups is 1. The van der Waals surface area contributed by atoms with Gasteiger partial charge < -0.3 is 10.0 Å². The largest absolute Gasteiger partial charge is 0.392 e. The molecule has 0 aliphatic carbocycles. The van der Waals surface area contributed by atoms with E-state index >= 15 is 0 Å². The molecule has 0 bridgehead atoms. The molecule has 1 atom stereocenters. The van der Waals surface area contributed by atoms with E-state index in [1.165, 1.54) is 18.3 Å². The van der Waals surface area contributed by atoms with Crippen molar-refractivity contribution in [2.24, 2.45) is 0 Å². The number of alkyl halides is 2. The molecule has 1 unspecified atom stereocenters. The van der Waals surface area contributed by atoms with Crippen LogP contribution in [0, 0.1) is 0 Å². The second kappa shape index (κ2) is 6.28. The van der Waals surface area contributed by atoms with Crippen LogP contribution in [0.15, 0.2) is 29.6 Å². The van der Waals surface area contributed by atoms with Crippen LogP contribution >= 0.6 is 11.3 Å². The van der Waals surface area contributed by atoms with Gasteiger partial charge in [-0.15, -0.1) is 11.3 Å². The van der Waals surface area contributed by atoms with E-state index < -0.39 is 25.0 Å². The van der Waals surface area contributed by atoms with Crippen LogP contribution in [0.3, 0.4) is 0 Å². The van der Waals surface area contributed by atoms with Crippen molar-refractivity contribution in [2.45, 2.75) is 19.5 Å². The maximum Gasteiger partial charge on any atom is 0.255 e. The number of hydrogen-bond donors (Lipinski definition) is 1. The zero-order valence-electron chi connectivity index (χ0n) is 10.9. The van der Waals surface area contributed by atoms with E-state index in [4.69, 9.17) is 0 Å². The highest BCUT2D eigenvalue weighted by Crippen LogP contribution is 2.26. The third kappa shape index (κ3) is 3.32. The molecular formula is C14H15F2NO2S. The van der Waals surface area contributed by atoms with E-state index in [9.17, 15) is 18.7 Å². The van der Waals surface area contributed by atoms with Crippen molar-refractivity contribution in [3.63, 3.8) is 0 Å². The zero-order valence-corrected chi connectivity index (χ0v) is 11.7. The number of amides is 1. The summed E-state index contributed by atoms with van der Waals surface area (Å²) in [6, 6.07) is 7.34. The summed E-state index contributed by atoms with van der Waals surface area (Å²) >= 11 is 1.40. The number of fused-ring (bicyclic) bond motifs is 1. The van der Waals surface area contributed by atoms with Crippen molar-refractivity contribution >= 4 is 27.3 Å². The molecule has 2 aromatic rings. The predicted molar refractivity (Wildman–Crippen MR) is 75.4 cm³/mol. The van der Waals surface area contributed by atoms with Crippen molar-refractivity contribution in [2.75, 3.05) is 13.1 Å². The number of benzene rings is 1. The molecule has 0 saturated carbocycles. The monoisotopic (exact) mass is 299 g/mol. The maximum atomic E-state index is 12.6. The van der Waals surface area contributed by atoms with E-state index in [1.807, 2.05) is 12.1 Å². The second-order valence-corrected chi connectivity index (χ2v) is 5.51. The molecule has 0 saturated heterocycles. The number of aliphatic hydroxyl groups is 1. The first-order valence-corrected chi connectivity index (χ1v) is 7.08. The van der Waals surface area contributed by atoms with Gasteiger partial charge >= 0.3 is 0 Å². The van der Waals surface area contributed by atoms with Crippen molar-refractivity contribution in [1.82, 2.24) is 4.90 Å². The van der Waals surface area contributed by atoms with Gasteiger partial charge in [0, 0.05) is 22.0 Å². The van der Waals surface area contributed by atoms with E-state index in [1.54, 1.807) is 17.5 Å². The summed E-state index contributed by atoms with van der Waals surface area (Å²) in [5.74, 6) is -0.469. The van der Waals surface area contributed by atoms with Crippen LogP contribution in [0.2, 0.25) is 0 Å². The molecule has 0 radical (unpaired) electrons. The number of aliphatic hydroxyl groups excluding tert-OH is 1. The van der Waals surface area contributed by atoms with Crippen LogP contribution in [-0.2, 0) is 0 Å². The number of thiophene rings is 1. The Kier molecular flexibility index (Phi) is 4.67. The normalized spacial score (nSPS) is 12.8. The zero-order chi connectivity index (χ0) is 14.7. The Morgan fingerprint density at radius 1 is 1.35 bits per heavy atom. The lowest BCUT2D eigenvalue weighted by atomic mass is 10.1. The highest BCUT2D eigenvalue weighted by molar-refractivity contribution is 7.17. The molecule has 0 aliphatic rings. The first-order chi connectivity index (χ1) is 9.49. The maximum absolute atomic E-state index is 12.6. The van der Waals surface area contributed by atoms with Gasteiger partial charge in [0.2, 0.25) is 0 Å². The summed E-state index contributed by atoms with van der Waals surface area (Å²) in [5, 5.41) is 11.8. The molecule has 2 rings (SSSR count). The van der Waals surface area contributed by atoms with Gasteiger partial charge in [-0.3, -0.25) is 4.79 Å². The van der Waals surface area contributed by atoms with Crippen molar-refractivity contribution in [1.29, 1.82) is 0 Å². The SMILES string of the molecule is CC(O)CN(CC(F)F)C(=O)c1csc2ccccc12. The van der Waals surface area contributed by atoms with Gasteiger partial charge in [0.25, 0.3) is 12.3 Å². The number of halogens is 2. The Morgan fingerprint density at radius 3 is 2.70 bits per heavy atom. The summed E-state index contributed by atoms with van der Waals surface area (Å²) in [4.78, 5) is 13.4. The van der Waals surface area contributed by atoms with Gasteiger partial charge in [0.05, 0.1) is 18.2 Å². The lowest BCUT2D eigenvalue weighted by Gasteiger charge is -2.23. The Balaban J connectivity index is 2.30. The molecule has 6 heteroatoms. The molecule has 20 heavy (non-hydrogen) atoms. The van der Waals surface area contributed by atoms with Crippen LogP contribution < -0.4 is 0 Å². The van der Waals surface area contributed by atoms with Gasteiger partial charge in [-0.05, 0) is 13.0 Å². The lowest BCUT2D eigenvalue weighted by molar-refractivity contribution is 0.0422. The van der Waals surface area contributed by atoms with E-state index in [2.05, 4.69) is 0 Å². The highest BCUT2D eigenvalue weighted by atomic mass is 32.1. The first-order valence-electron chi connectivity index (χ1n) is 6.20. The molecular weight excluding hydrogens is 284 g/mol. The van der Waals surface area contributed by atoms with Crippen LogP contribution in [0.5, 0.6) is 0 Å². The molecule has 1 amide bonds. The average Bonchev–Trinajstić information content (AvgIpc) is 2.79. The first kappa shape index (κ1) is 14.9. The Hall–Kier alpha value is -1.53. The van der Waals surface area contributed by atoms with Gasteiger partial charge in [0.15, 0.2) is 0 Å². The summed E-state index contributed by atoms with van der Waals surface area (Å²) < 4.78 is 26.1. The third-order valence-electron chi connectivity index (χ3n) is 2.84. The highest BCUT2D eigenvalue weighted by Gasteiger charge is 2.23. The molecule has 1 N–H and O–H groups in total. The van der Waals surface area contributed by atoms with Crippen molar-refractivity contribution < 1.29 is 18.7 Å². The molecule has 1 heterocycles. The van der Waals surface area contributed by atoms with E-state index in [-0.39, 0.29) is 6.54 Å². The van der Waals surface area contributed by atoms with Gasteiger partial charge in [-0.25, -0.2) is 8.78 Å². The van der Waals surface area contributed by atoms with Crippen LogP contribution in [0.4, 0.5) is 8.78 Å². The van der Waals surface area contributed by atoms with Gasteiger partial charge in [0.1, 0.15) is 0 Å². The summed E-state index contributed by atoms with van der Waals surface area (Å²) in [5.41, 5.74) is 0.409. The molecule has 0 aliphatic heterocycles. The fourth-order valence-electron chi connectivity index (χ4n) is 2.04. The van der Waals surface area contributed by atoms with E-state index in [0.717, 1.165) is 15.0 Å². The fourth-order valence-corrected chi connectivity index (χ4v) is 2.97. The predicted octanol–water partition coefficient (Wildman–Crippen LogP) is 2.99. The van der Waals surface area contributed by atoms with Crippen molar-refractivity contribution in [3.8, 4) is 0 Å². The quantitative estimate of drug-likeness (QED) is 0.922. The van der Waals surface area contributed by atoms with Gasteiger partial charge in [-0.1, -0.05) is 18.2 Å². The number of nitrogens with zero attached hydrogens (tertiary/aromatic N) is 1. The topological polar surface area (TPSA) is 40.5 Å². The molecule has 3 nitrogen and oxygen atoms in total. The summed E-state index contributed by atoms with van der Waals surface area (Å²) in [6.45, 7) is 0.693. The second-order valence-electron chi connectivity index (χ2n) is 4.60. The number of rotatable bonds is 5. The van der Waals surface area contributed by atoms with Crippen LogP contribution in [-0.4, -0.2) is 41.5 Å². The minimum absolute atomic E-state index is 0.104. The van der Waals surface area contributed by atoms with E-state index in [0.29, 0.717) is 5.56 Å². The molecule has 1 aromatic heterocycles. The van der Waals surface area contributed by atoms with Crippen LogP contribution in [0.25, 0.3) is 10.1 Å². The number of hydrogen-bond acceptors (Lipinski definition) is 3. The standard InChI is InChI=1S/C14H15F2NO2S/c1-9(18)6-17(7-13(15)16)14(19)11-8-20-12-5-3-2-4-10(11)12/h2-5,8-9,13,18H,6-7H2,1H3. The summed E-state index contributed by atoms with van der Waals surface area (Å²) in [7, 11) is 0. The smallest absolute Gasteiger partial charge is 0.255 e. The third-order valence-corrected chi connectivity index (χ3v) is 3.81. The average molecular weight is 299 g/mol. The fraction of sp³-hybridized carbons (Fsp3) is 0.357. The number of carbonyl (C=O) groups excluding carboxylic acids is 1. The Bertz CT molecular complexity index is 588. The molecule has 0 spiro atoms. The lowest BCUT2D eigenvalue weighted by Crippen LogP contribution is -2.39. The molecule has 108 valence electrons. The molecule has 0 fully saturated rings. The Labute approximate surface area is 119 Å².